The average molecular weight is 235 g/mol. The summed E-state index contributed by atoms with van der Waals surface area (Å²) in [6, 6.07) is 7.25. The SMILES string of the molecule is CN(C)c1ccccc1O.O=P(O)(O)O. The largest absolute Gasteiger partial charge is 0.506 e. The molecule has 0 radical (unpaired) electrons. The van der Waals surface area contributed by atoms with E-state index in [-0.39, 0.29) is 0 Å². The van der Waals surface area contributed by atoms with Crippen LogP contribution in [0.5, 0.6) is 5.75 Å². The molecular weight excluding hydrogens is 221 g/mol. The number of phenolic OH excluding ortho intramolecular Hbond substituents is 1. The van der Waals surface area contributed by atoms with Gasteiger partial charge < -0.3 is 24.7 Å². The fourth-order valence-electron chi connectivity index (χ4n) is 0.842. The molecule has 0 saturated carbocycles. The second-order valence-electron chi connectivity index (χ2n) is 2.90. The van der Waals surface area contributed by atoms with Crippen molar-refractivity contribution in [1.29, 1.82) is 0 Å². The lowest BCUT2D eigenvalue weighted by Crippen LogP contribution is -2.08. The number of anilines is 1. The number of hydrogen-bond donors (Lipinski definition) is 4. The molecule has 7 heteroatoms. The van der Waals surface area contributed by atoms with Gasteiger partial charge in [0.25, 0.3) is 0 Å². The molecule has 0 aromatic heterocycles. The molecule has 15 heavy (non-hydrogen) atoms. The van der Waals surface area contributed by atoms with E-state index >= 15 is 0 Å². The predicted molar refractivity (Wildman–Crippen MR) is 56.7 cm³/mol. The Morgan fingerprint density at radius 3 is 1.80 bits per heavy atom. The van der Waals surface area contributed by atoms with Crippen LogP contribution in [0.2, 0.25) is 0 Å². The Labute approximate surface area is 87.7 Å². The van der Waals surface area contributed by atoms with E-state index in [9.17, 15) is 5.11 Å². The summed E-state index contributed by atoms with van der Waals surface area (Å²) in [6.45, 7) is 0. The standard InChI is InChI=1S/C8H11NO.H3O4P/c1-9(2)7-5-3-4-6-8(7)10;1-5(2,3)4/h3-6,10H,1-2H3;(H3,1,2,3,4). The molecule has 0 atom stereocenters. The summed E-state index contributed by atoms with van der Waals surface area (Å²) in [5.41, 5.74) is 0.850. The van der Waals surface area contributed by atoms with Crippen molar-refractivity contribution in [3.05, 3.63) is 24.3 Å². The van der Waals surface area contributed by atoms with Gasteiger partial charge in [0.05, 0.1) is 5.69 Å². The molecule has 1 aromatic rings. The number of phosphoric acid groups is 1. The molecule has 0 saturated heterocycles. The van der Waals surface area contributed by atoms with E-state index in [1.165, 1.54) is 0 Å². The van der Waals surface area contributed by atoms with Gasteiger partial charge in [0, 0.05) is 14.1 Å². The van der Waals surface area contributed by atoms with Gasteiger partial charge >= 0.3 is 7.82 Å². The molecule has 0 fully saturated rings. The van der Waals surface area contributed by atoms with Crippen LogP contribution in [0.1, 0.15) is 0 Å². The molecule has 1 rings (SSSR count). The van der Waals surface area contributed by atoms with E-state index in [1.807, 2.05) is 37.2 Å². The highest BCUT2D eigenvalue weighted by Gasteiger charge is 2.00. The van der Waals surface area contributed by atoms with Crippen LogP contribution in [0, 0.1) is 0 Å². The summed E-state index contributed by atoms with van der Waals surface area (Å²) in [5.74, 6) is 0.326. The van der Waals surface area contributed by atoms with Gasteiger partial charge in [-0.1, -0.05) is 12.1 Å². The van der Waals surface area contributed by atoms with Gasteiger partial charge in [0.15, 0.2) is 0 Å². The number of rotatable bonds is 1. The maximum Gasteiger partial charge on any atom is 0.466 e. The molecule has 0 heterocycles. The molecular formula is C8H14NO5P. The Kier molecular flexibility index (Phi) is 5.32. The molecule has 0 aliphatic heterocycles. The Hall–Kier alpha value is -1.07. The van der Waals surface area contributed by atoms with Crippen molar-refractivity contribution in [2.45, 2.75) is 0 Å². The minimum Gasteiger partial charge on any atom is -0.506 e. The van der Waals surface area contributed by atoms with E-state index in [0.29, 0.717) is 5.75 Å². The van der Waals surface area contributed by atoms with Gasteiger partial charge in [-0.15, -0.1) is 0 Å². The highest BCUT2D eigenvalue weighted by Crippen LogP contribution is 2.25. The first-order valence-corrected chi connectivity index (χ1v) is 5.52. The monoisotopic (exact) mass is 235 g/mol. The Morgan fingerprint density at radius 2 is 1.53 bits per heavy atom. The molecule has 4 N–H and O–H groups in total. The molecule has 0 aliphatic carbocycles. The van der Waals surface area contributed by atoms with Crippen LogP contribution < -0.4 is 4.90 Å². The molecule has 6 nitrogen and oxygen atoms in total. The van der Waals surface area contributed by atoms with Crippen molar-refractivity contribution in [1.82, 2.24) is 0 Å². The van der Waals surface area contributed by atoms with Crippen molar-refractivity contribution in [2.24, 2.45) is 0 Å². The zero-order valence-corrected chi connectivity index (χ0v) is 9.30. The highest BCUT2D eigenvalue weighted by molar-refractivity contribution is 7.45. The van der Waals surface area contributed by atoms with Gasteiger partial charge in [0.1, 0.15) is 5.75 Å². The summed E-state index contributed by atoms with van der Waals surface area (Å²) < 4.78 is 8.88. The topological polar surface area (TPSA) is 101 Å². The quantitative estimate of drug-likeness (QED) is 0.530. The number of benzene rings is 1. The minimum absolute atomic E-state index is 0.326. The lowest BCUT2D eigenvalue weighted by molar-refractivity contribution is 0.275. The molecule has 86 valence electrons. The summed E-state index contributed by atoms with van der Waals surface area (Å²) in [6.07, 6.45) is 0. The molecule has 0 amide bonds. The third-order valence-electron chi connectivity index (χ3n) is 1.36. The average Bonchev–Trinajstić information content (AvgIpc) is 2.01. The summed E-state index contributed by atoms with van der Waals surface area (Å²) in [4.78, 5) is 23.4. The van der Waals surface area contributed by atoms with Crippen molar-refractivity contribution < 1.29 is 24.4 Å². The fraction of sp³-hybridized carbons (Fsp3) is 0.250. The van der Waals surface area contributed by atoms with Crippen LogP contribution >= 0.6 is 7.82 Å². The third-order valence-corrected chi connectivity index (χ3v) is 1.36. The second-order valence-corrected chi connectivity index (χ2v) is 3.92. The van der Waals surface area contributed by atoms with E-state index in [2.05, 4.69) is 0 Å². The Morgan fingerprint density at radius 1 is 1.13 bits per heavy atom. The van der Waals surface area contributed by atoms with Gasteiger partial charge in [-0.05, 0) is 12.1 Å². The van der Waals surface area contributed by atoms with E-state index < -0.39 is 7.82 Å². The lowest BCUT2D eigenvalue weighted by atomic mass is 10.3. The predicted octanol–water partition coefficient (Wildman–Crippen LogP) is 0.530. The fourth-order valence-corrected chi connectivity index (χ4v) is 0.842. The van der Waals surface area contributed by atoms with E-state index in [1.54, 1.807) is 6.07 Å². The molecule has 0 aliphatic rings. The van der Waals surface area contributed by atoms with Crippen LogP contribution in [-0.2, 0) is 4.57 Å². The zero-order chi connectivity index (χ0) is 12.1. The van der Waals surface area contributed by atoms with Gasteiger partial charge in [-0.25, -0.2) is 4.57 Å². The molecule has 0 unspecified atom stereocenters. The van der Waals surface area contributed by atoms with Crippen LogP contribution in [0.25, 0.3) is 0 Å². The Balaban J connectivity index is 0.000000336. The van der Waals surface area contributed by atoms with Gasteiger partial charge in [-0.2, -0.15) is 0 Å². The molecule has 0 bridgehead atoms. The maximum absolute atomic E-state index is 9.24. The normalized spacial score (nSPS) is 10.2. The van der Waals surface area contributed by atoms with Crippen LogP contribution in [0.4, 0.5) is 5.69 Å². The first-order valence-electron chi connectivity index (χ1n) is 3.95. The van der Waals surface area contributed by atoms with E-state index in [0.717, 1.165) is 5.69 Å². The van der Waals surface area contributed by atoms with E-state index in [4.69, 9.17) is 19.2 Å². The number of hydrogen-bond acceptors (Lipinski definition) is 3. The maximum atomic E-state index is 9.24. The first-order chi connectivity index (χ1) is 6.72. The molecule has 1 aromatic carbocycles. The lowest BCUT2D eigenvalue weighted by Gasteiger charge is -2.12. The van der Waals surface area contributed by atoms with Crippen molar-refractivity contribution in [2.75, 3.05) is 19.0 Å². The number of nitrogens with zero attached hydrogens (tertiary/aromatic N) is 1. The van der Waals surface area contributed by atoms with Crippen molar-refractivity contribution >= 4 is 13.5 Å². The highest BCUT2D eigenvalue weighted by atomic mass is 31.2. The Bertz CT molecular complexity index is 340. The number of phenols is 1. The van der Waals surface area contributed by atoms with Gasteiger partial charge in [-0.3, -0.25) is 0 Å². The summed E-state index contributed by atoms with van der Waals surface area (Å²) >= 11 is 0. The van der Waals surface area contributed by atoms with Crippen LogP contribution in [0.3, 0.4) is 0 Å². The summed E-state index contributed by atoms with van der Waals surface area (Å²) in [7, 11) is -0.843. The third kappa shape index (κ3) is 7.96. The minimum atomic E-state index is -4.64. The zero-order valence-electron chi connectivity index (χ0n) is 8.40. The first kappa shape index (κ1) is 13.9. The summed E-state index contributed by atoms with van der Waals surface area (Å²) in [5, 5.41) is 9.24. The van der Waals surface area contributed by atoms with Crippen molar-refractivity contribution in [3.63, 3.8) is 0 Å². The van der Waals surface area contributed by atoms with Crippen LogP contribution in [-0.4, -0.2) is 33.9 Å². The number of para-hydroxylation sites is 2. The number of aromatic hydroxyl groups is 1. The smallest absolute Gasteiger partial charge is 0.466 e. The van der Waals surface area contributed by atoms with Crippen LogP contribution in [0.15, 0.2) is 24.3 Å². The second kappa shape index (κ2) is 5.72. The van der Waals surface area contributed by atoms with Crippen molar-refractivity contribution in [3.8, 4) is 5.75 Å². The molecule has 0 spiro atoms. The van der Waals surface area contributed by atoms with Gasteiger partial charge in [0.2, 0.25) is 0 Å².